The van der Waals surface area contributed by atoms with Crippen molar-refractivity contribution >= 4 is 29.3 Å². The van der Waals surface area contributed by atoms with Crippen molar-refractivity contribution in [2.24, 2.45) is 0 Å². The van der Waals surface area contributed by atoms with Crippen molar-refractivity contribution in [1.82, 2.24) is 4.90 Å². The summed E-state index contributed by atoms with van der Waals surface area (Å²) in [6, 6.07) is 0.862. The fourth-order valence-electron chi connectivity index (χ4n) is 1.60. The maximum absolute atomic E-state index is 12.5. The minimum Gasteiger partial charge on any atom is -0.478 e. The summed E-state index contributed by atoms with van der Waals surface area (Å²) < 4.78 is 37.6. The molecule has 0 unspecified atom stereocenters. The van der Waals surface area contributed by atoms with Crippen molar-refractivity contribution < 1.29 is 27.9 Å². The number of carbonyl (C=O) groups is 2. The Morgan fingerprint density at radius 1 is 1.43 bits per heavy atom. The molecular weight excluding hydrogens is 307 g/mol. The van der Waals surface area contributed by atoms with Crippen molar-refractivity contribution in [2.45, 2.75) is 26.1 Å². The van der Waals surface area contributed by atoms with Gasteiger partial charge in [0.2, 0.25) is 0 Å². The number of hydrogen-bond acceptors (Lipinski definition) is 3. The van der Waals surface area contributed by atoms with Gasteiger partial charge in [-0.05, 0) is 36.9 Å². The van der Waals surface area contributed by atoms with E-state index in [1.165, 1.54) is 31.4 Å². The van der Waals surface area contributed by atoms with E-state index >= 15 is 0 Å². The van der Waals surface area contributed by atoms with E-state index in [4.69, 9.17) is 5.11 Å². The quantitative estimate of drug-likeness (QED) is 0.847. The van der Waals surface area contributed by atoms with Crippen molar-refractivity contribution in [2.75, 3.05) is 6.54 Å². The number of halogens is 3. The second-order valence-corrected chi connectivity index (χ2v) is 5.43. The number of carboxylic acid groups (broad SMARTS) is 1. The van der Waals surface area contributed by atoms with Crippen LogP contribution >= 0.6 is 11.3 Å². The Morgan fingerprint density at radius 2 is 2.05 bits per heavy atom. The Labute approximate surface area is 123 Å². The summed E-state index contributed by atoms with van der Waals surface area (Å²) in [5, 5.41) is 10.1. The number of alkyl halides is 3. The van der Waals surface area contributed by atoms with Gasteiger partial charge in [0.1, 0.15) is 6.54 Å². The molecule has 1 amide bonds. The molecule has 1 N–H and O–H groups in total. The number of thiophene rings is 1. The van der Waals surface area contributed by atoms with Crippen molar-refractivity contribution in [1.29, 1.82) is 0 Å². The number of nitrogens with zero attached hydrogens (tertiary/aromatic N) is 1. The summed E-state index contributed by atoms with van der Waals surface area (Å²) in [6.45, 7) is 1.64. The largest absolute Gasteiger partial charge is 0.478 e. The fourth-order valence-corrected chi connectivity index (χ4v) is 2.44. The maximum atomic E-state index is 12.5. The number of amides is 1. The molecule has 1 rings (SSSR count). The zero-order valence-electron chi connectivity index (χ0n) is 11.3. The molecule has 0 saturated carbocycles. The third-order valence-electron chi connectivity index (χ3n) is 2.53. The molecule has 0 aliphatic heterocycles. The Balaban J connectivity index is 3.05. The van der Waals surface area contributed by atoms with Crippen LogP contribution in [0, 0.1) is 0 Å². The Kier molecular flexibility index (Phi) is 5.54. The third kappa shape index (κ3) is 5.22. The van der Waals surface area contributed by atoms with E-state index in [1.54, 1.807) is 0 Å². The highest BCUT2D eigenvalue weighted by Gasteiger charge is 2.35. The molecule has 0 aromatic carbocycles. The zero-order valence-corrected chi connectivity index (χ0v) is 12.2. The van der Waals surface area contributed by atoms with Crippen LogP contribution in [0.1, 0.15) is 29.1 Å². The van der Waals surface area contributed by atoms with Gasteiger partial charge in [-0.25, -0.2) is 4.79 Å². The predicted molar refractivity (Wildman–Crippen MR) is 73.2 cm³/mol. The molecule has 1 heterocycles. The molecule has 0 aliphatic carbocycles. The fraction of sp³-hybridized carbons (Fsp3) is 0.385. The molecule has 1 aromatic heterocycles. The molecule has 0 spiro atoms. The molecule has 0 saturated heterocycles. The van der Waals surface area contributed by atoms with Crippen LogP contribution in [0.5, 0.6) is 0 Å². The van der Waals surface area contributed by atoms with E-state index in [1.807, 2.05) is 0 Å². The molecule has 0 bridgehead atoms. The number of carbonyl (C=O) groups excluding carboxylic acids is 1. The van der Waals surface area contributed by atoms with Crippen LogP contribution in [0.3, 0.4) is 0 Å². The lowest BCUT2D eigenvalue weighted by Crippen LogP contribution is -2.43. The van der Waals surface area contributed by atoms with Gasteiger partial charge in [0.25, 0.3) is 5.91 Å². The van der Waals surface area contributed by atoms with Gasteiger partial charge in [-0.15, -0.1) is 11.3 Å². The summed E-state index contributed by atoms with van der Waals surface area (Å²) in [4.78, 5) is 23.5. The molecule has 0 aliphatic rings. The lowest BCUT2D eigenvalue weighted by atomic mass is 10.2. The molecule has 116 valence electrons. The number of carboxylic acids is 1. The highest BCUT2D eigenvalue weighted by Crippen LogP contribution is 2.24. The average molecular weight is 321 g/mol. The van der Waals surface area contributed by atoms with Crippen molar-refractivity contribution in [3.8, 4) is 0 Å². The van der Waals surface area contributed by atoms with E-state index in [0.717, 1.165) is 17.4 Å². The summed E-state index contributed by atoms with van der Waals surface area (Å²) in [5.74, 6) is -1.96. The Morgan fingerprint density at radius 3 is 2.52 bits per heavy atom. The summed E-state index contributed by atoms with van der Waals surface area (Å²) in [7, 11) is 0. The zero-order chi connectivity index (χ0) is 16.2. The number of hydrogen-bond donors (Lipinski definition) is 1. The number of aliphatic carboxylic acids is 1. The second-order valence-electron chi connectivity index (χ2n) is 4.52. The van der Waals surface area contributed by atoms with Crippen molar-refractivity contribution in [3.05, 3.63) is 28.0 Å². The second kappa shape index (κ2) is 6.75. The standard InChI is InChI=1S/C13H14F3NO3S/c1-8(2)17(7-13(14,15)16)12(20)11-9(5-6-21-11)3-4-10(18)19/h3-6,8H,7H2,1-2H3,(H,18,19). The van der Waals surface area contributed by atoms with Crippen LogP contribution in [-0.4, -0.2) is 40.6 Å². The summed E-state index contributed by atoms with van der Waals surface area (Å²) in [6.07, 6.45) is -2.46. The maximum Gasteiger partial charge on any atom is 0.406 e. The van der Waals surface area contributed by atoms with Gasteiger partial charge in [-0.3, -0.25) is 4.79 Å². The van der Waals surface area contributed by atoms with Gasteiger partial charge in [0, 0.05) is 12.1 Å². The molecule has 0 fully saturated rings. The van der Waals surface area contributed by atoms with Gasteiger partial charge in [0.15, 0.2) is 0 Å². The van der Waals surface area contributed by atoms with Gasteiger partial charge < -0.3 is 10.0 Å². The van der Waals surface area contributed by atoms with Gasteiger partial charge in [-0.1, -0.05) is 0 Å². The Hall–Kier alpha value is -1.83. The van der Waals surface area contributed by atoms with Crippen LogP contribution in [0.2, 0.25) is 0 Å². The molecule has 21 heavy (non-hydrogen) atoms. The first-order valence-corrected chi connectivity index (χ1v) is 6.86. The Bertz CT molecular complexity index is 549. The van der Waals surface area contributed by atoms with Crippen LogP contribution in [0.15, 0.2) is 17.5 Å². The lowest BCUT2D eigenvalue weighted by Gasteiger charge is -2.27. The third-order valence-corrected chi connectivity index (χ3v) is 3.45. The first kappa shape index (κ1) is 17.2. The first-order chi connectivity index (χ1) is 9.61. The van der Waals surface area contributed by atoms with Gasteiger partial charge in [0.05, 0.1) is 4.88 Å². The van der Waals surface area contributed by atoms with Crippen molar-refractivity contribution in [3.63, 3.8) is 0 Å². The topological polar surface area (TPSA) is 57.6 Å². The van der Waals surface area contributed by atoms with E-state index in [2.05, 4.69) is 0 Å². The average Bonchev–Trinajstić information content (AvgIpc) is 2.79. The number of rotatable bonds is 5. The van der Waals surface area contributed by atoms with Crippen LogP contribution in [-0.2, 0) is 4.79 Å². The highest BCUT2D eigenvalue weighted by atomic mass is 32.1. The smallest absolute Gasteiger partial charge is 0.406 e. The van der Waals surface area contributed by atoms with Crippen LogP contribution in [0.25, 0.3) is 6.08 Å². The van der Waals surface area contributed by atoms with Gasteiger partial charge >= 0.3 is 12.1 Å². The molecule has 0 radical (unpaired) electrons. The minimum atomic E-state index is -4.49. The highest BCUT2D eigenvalue weighted by molar-refractivity contribution is 7.12. The van der Waals surface area contributed by atoms with E-state index in [0.29, 0.717) is 10.5 Å². The van der Waals surface area contributed by atoms with Crippen LogP contribution < -0.4 is 0 Å². The summed E-state index contributed by atoms with van der Waals surface area (Å²) in [5.41, 5.74) is 0.292. The normalized spacial score (nSPS) is 12.1. The lowest BCUT2D eigenvalue weighted by molar-refractivity contribution is -0.143. The molecule has 4 nitrogen and oxygen atoms in total. The summed E-state index contributed by atoms with van der Waals surface area (Å²) >= 11 is 0.978. The molecular formula is C13H14F3NO3S. The van der Waals surface area contributed by atoms with Crippen LogP contribution in [0.4, 0.5) is 13.2 Å². The predicted octanol–water partition coefficient (Wildman–Crippen LogP) is 3.26. The minimum absolute atomic E-state index is 0.0884. The molecule has 0 atom stereocenters. The van der Waals surface area contributed by atoms with E-state index in [9.17, 15) is 22.8 Å². The van der Waals surface area contributed by atoms with Gasteiger partial charge in [-0.2, -0.15) is 13.2 Å². The monoisotopic (exact) mass is 321 g/mol. The molecule has 1 aromatic rings. The van der Waals surface area contributed by atoms with E-state index in [-0.39, 0.29) is 4.88 Å². The van der Waals surface area contributed by atoms with E-state index < -0.39 is 30.6 Å². The SMILES string of the molecule is CC(C)N(CC(F)(F)F)C(=O)c1sccc1C=CC(=O)O. The molecule has 8 heteroatoms. The first-order valence-electron chi connectivity index (χ1n) is 5.98.